The summed E-state index contributed by atoms with van der Waals surface area (Å²) in [5.74, 6) is 0.632. The van der Waals surface area contributed by atoms with E-state index in [4.69, 9.17) is 0 Å². The van der Waals surface area contributed by atoms with Crippen LogP contribution in [0.3, 0.4) is 0 Å². The van der Waals surface area contributed by atoms with Crippen molar-refractivity contribution in [2.75, 3.05) is 7.05 Å². The van der Waals surface area contributed by atoms with E-state index < -0.39 is 0 Å². The Morgan fingerprint density at radius 1 is 1.35 bits per heavy atom. The number of benzene rings is 1. The van der Waals surface area contributed by atoms with Crippen LogP contribution in [0.25, 0.3) is 11.5 Å². The number of nitrogens with one attached hydrogen (secondary N) is 1. The average Bonchev–Trinajstić information content (AvgIpc) is 2.83. The molecule has 1 aromatic heterocycles. The van der Waals surface area contributed by atoms with Gasteiger partial charge in [0.25, 0.3) is 0 Å². The van der Waals surface area contributed by atoms with Gasteiger partial charge in [-0.15, -0.1) is 5.10 Å². The third-order valence-electron chi connectivity index (χ3n) is 2.49. The number of rotatable bonds is 1. The number of hydrogen-bond donors (Lipinski definition) is 2. The van der Waals surface area contributed by atoms with Crippen molar-refractivity contribution in [1.82, 2.24) is 24.9 Å². The second-order valence-electron chi connectivity index (χ2n) is 3.53. The van der Waals surface area contributed by atoms with Crippen LogP contribution in [0.2, 0.25) is 0 Å². The molecule has 0 aliphatic carbocycles. The molecule has 1 aromatic carbocycles. The van der Waals surface area contributed by atoms with Crippen LogP contribution in [0.15, 0.2) is 29.2 Å². The second kappa shape index (κ2) is 3.77. The standard InChI is InChI=1S/C10H9N5OS/c1-15-8(10-11-13-14-12-10)9(16)6-4-2-3-5-7(6)17-15/h2-5,16H,1H3,(H,11,12,13,14). The molecular weight excluding hydrogens is 238 g/mol. The molecule has 7 heteroatoms. The molecule has 86 valence electrons. The highest BCUT2D eigenvalue weighted by Crippen LogP contribution is 2.41. The Labute approximate surface area is 101 Å². The van der Waals surface area contributed by atoms with Gasteiger partial charge in [0.15, 0.2) is 11.6 Å². The molecule has 1 aliphatic heterocycles. The molecule has 3 rings (SSSR count). The van der Waals surface area contributed by atoms with Crippen molar-refractivity contribution >= 4 is 23.4 Å². The van der Waals surface area contributed by atoms with E-state index in [0.717, 1.165) is 10.5 Å². The highest BCUT2D eigenvalue weighted by molar-refractivity contribution is 7.97. The van der Waals surface area contributed by atoms with E-state index in [1.54, 1.807) is 0 Å². The summed E-state index contributed by atoms with van der Waals surface area (Å²) < 4.78 is 1.83. The first kappa shape index (κ1) is 10.2. The SMILES string of the molecule is CN1Sc2ccccc2C(O)=C1c1nnn[nH]1. The molecule has 2 heterocycles. The summed E-state index contributed by atoms with van der Waals surface area (Å²) in [7, 11) is 1.86. The Hall–Kier alpha value is -2.02. The largest absolute Gasteiger partial charge is 0.505 e. The molecule has 0 saturated carbocycles. The smallest absolute Gasteiger partial charge is 0.200 e. The Kier molecular flexibility index (Phi) is 2.25. The van der Waals surface area contributed by atoms with Gasteiger partial charge in [0.2, 0.25) is 0 Å². The second-order valence-corrected chi connectivity index (χ2v) is 4.70. The first-order chi connectivity index (χ1) is 8.27. The number of aromatic nitrogens is 4. The minimum atomic E-state index is 0.181. The lowest BCUT2D eigenvalue weighted by Gasteiger charge is -2.26. The summed E-state index contributed by atoms with van der Waals surface area (Å²) in [5.41, 5.74) is 1.38. The van der Waals surface area contributed by atoms with Gasteiger partial charge in [0.05, 0.1) is 0 Å². The fraction of sp³-hybridized carbons (Fsp3) is 0.100. The summed E-state index contributed by atoms with van der Waals surface area (Å²) in [6, 6.07) is 7.65. The summed E-state index contributed by atoms with van der Waals surface area (Å²) in [5, 5.41) is 23.8. The van der Waals surface area contributed by atoms with Crippen molar-refractivity contribution in [3.05, 3.63) is 35.7 Å². The number of aliphatic hydroxyl groups is 1. The first-order valence-corrected chi connectivity index (χ1v) is 5.73. The molecule has 0 bridgehead atoms. The van der Waals surface area contributed by atoms with Crippen LogP contribution in [0, 0.1) is 0 Å². The normalized spacial score (nSPS) is 15.0. The Balaban J connectivity index is 2.20. The summed E-state index contributed by atoms with van der Waals surface area (Å²) in [6.07, 6.45) is 0. The molecule has 0 saturated heterocycles. The van der Waals surface area contributed by atoms with Gasteiger partial charge in [-0.3, -0.25) is 0 Å². The monoisotopic (exact) mass is 247 g/mol. The minimum Gasteiger partial charge on any atom is -0.505 e. The van der Waals surface area contributed by atoms with Gasteiger partial charge in [0, 0.05) is 17.5 Å². The number of aliphatic hydroxyl groups excluding tert-OH is 1. The van der Waals surface area contributed by atoms with Crippen molar-refractivity contribution in [3.63, 3.8) is 0 Å². The molecule has 0 fully saturated rings. The number of hydrogen-bond acceptors (Lipinski definition) is 6. The molecule has 0 radical (unpaired) electrons. The minimum absolute atomic E-state index is 0.181. The third kappa shape index (κ3) is 1.55. The molecule has 2 N–H and O–H groups in total. The van der Waals surface area contributed by atoms with Gasteiger partial charge in [0.1, 0.15) is 5.70 Å². The predicted molar refractivity (Wildman–Crippen MR) is 63.7 cm³/mol. The van der Waals surface area contributed by atoms with E-state index in [1.807, 2.05) is 35.6 Å². The zero-order valence-electron chi connectivity index (χ0n) is 8.95. The lowest BCUT2D eigenvalue weighted by molar-refractivity contribution is 0.501. The van der Waals surface area contributed by atoms with Gasteiger partial charge >= 0.3 is 0 Å². The van der Waals surface area contributed by atoms with E-state index in [2.05, 4.69) is 20.6 Å². The number of H-pyrrole nitrogens is 1. The van der Waals surface area contributed by atoms with E-state index in [9.17, 15) is 5.11 Å². The molecule has 0 unspecified atom stereocenters. The van der Waals surface area contributed by atoms with Crippen molar-refractivity contribution in [1.29, 1.82) is 0 Å². The molecule has 2 aromatic rings. The van der Waals surface area contributed by atoms with Crippen molar-refractivity contribution < 1.29 is 5.11 Å². The van der Waals surface area contributed by atoms with Gasteiger partial charge in [-0.2, -0.15) is 0 Å². The maximum absolute atomic E-state index is 10.3. The predicted octanol–water partition coefficient (Wildman–Crippen LogP) is 1.54. The van der Waals surface area contributed by atoms with E-state index in [-0.39, 0.29) is 5.76 Å². The van der Waals surface area contributed by atoms with Gasteiger partial charge in [-0.1, -0.05) is 12.1 Å². The topological polar surface area (TPSA) is 77.9 Å². The fourth-order valence-corrected chi connectivity index (χ4v) is 2.69. The van der Waals surface area contributed by atoms with Gasteiger partial charge < -0.3 is 9.41 Å². The van der Waals surface area contributed by atoms with E-state index in [0.29, 0.717) is 11.5 Å². The zero-order valence-corrected chi connectivity index (χ0v) is 9.77. The highest BCUT2D eigenvalue weighted by atomic mass is 32.2. The fourth-order valence-electron chi connectivity index (χ4n) is 1.73. The maximum Gasteiger partial charge on any atom is 0.200 e. The summed E-state index contributed by atoms with van der Waals surface area (Å²) in [6.45, 7) is 0. The van der Waals surface area contributed by atoms with Crippen LogP contribution in [0.4, 0.5) is 0 Å². The zero-order chi connectivity index (χ0) is 11.8. The van der Waals surface area contributed by atoms with E-state index >= 15 is 0 Å². The molecular formula is C10H9N5OS. The number of fused-ring (bicyclic) bond motifs is 1. The molecule has 1 aliphatic rings. The highest BCUT2D eigenvalue weighted by Gasteiger charge is 2.26. The molecule has 0 atom stereocenters. The van der Waals surface area contributed by atoms with Crippen LogP contribution in [0.1, 0.15) is 11.4 Å². The lowest BCUT2D eigenvalue weighted by Crippen LogP contribution is -2.16. The lowest BCUT2D eigenvalue weighted by atomic mass is 10.1. The Morgan fingerprint density at radius 3 is 2.94 bits per heavy atom. The van der Waals surface area contributed by atoms with Crippen LogP contribution in [0.5, 0.6) is 0 Å². The molecule has 0 amide bonds. The third-order valence-corrected chi connectivity index (χ3v) is 3.50. The van der Waals surface area contributed by atoms with Gasteiger partial charge in [-0.05, 0) is 34.5 Å². The quantitative estimate of drug-likeness (QED) is 0.744. The number of aromatic amines is 1. The van der Waals surface area contributed by atoms with E-state index in [1.165, 1.54) is 11.9 Å². The van der Waals surface area contributed by atoms with Crippen LogP contribution in [-0.4, -0.2) is 37.1 Å². The summed E-state index contributed by atoms with van der Waals surface area (Å²) >= 11 is 1.52. The Bertz CT molecular complexity index is 580. The van der Waals surface area contributed by atoms with Gasteiger partial charge in [-0.25, -0.2) is 5.10 Å². The van der Waals surface area contributed by atoms with Crippen molar-refractivity contribution in [2.24, 2.45) is 0 Å². The van der Waals surface area contributed by atoms with Crippen LogP contribution in [-0.2, 0) is 0 Å². The number of nitrogens with zero attached hydrogens (tertiary/aromatic N) is 4. The Morgan fingerprint density at radius 2 is 2.18 bits per heavy atom. The van der Waals surface area contributed by atoms with Crippen LogP contribution < -0.4 is 0 Å². The summed E-state index contributed by atoms with van der Waals surface area (Å²) in [4.78, 5) is 1.00. The molecule has 0 spiro atoms. The molecule has 17 heavy (non-hydrogen) atoms. The maximum atomic E-state index is 10.3. The molecule has 6 nitrogen and oxygen atoms in total. The average molecular weight is 247 g/mol. The first-order valence-electron chi connectivity index (χ1n) is 4.96. The van der Waals surface area contributed by atoms with Crippen molar-refractivity contribution in [3.8, 4) is 0 Å². The van der Waals surface area contributed by atoms with Crippen molar-refractivity contribution in [2.45, 2.75) is 4.90 Å². The number of tetrazole rings is 1. The van der Waals surface area contributed by atoms with Crippen LogP contribution >= 0.6 is 11.9 Å².